The fraction of sp³-hybridized carbons (Fsp3) is 0. The highest BCUT2D eigenvalue weighted by atomic mass is 16.5. The average Bonchev–Trinajstić information content (AvgIpc) is 3.31. The first-order valence-electron chi connectivity index (χ1n) is 20.1. The summed E-state index contributed by atoms with van der Waals surface area (Å²) in [4.78, 5) is 4.66. The first kappa shape index (κ1) is 34.4. The minimum absolute atomic E-state index is 0.851. The van der Waals surface area contributed by atoms with Crippen LogP contribution in [0.2, 0.25) is 0 Å². The van der Waals surface area contributed by atoms with Crippen molar-refractivity contribution >= 4 is 55.7 Å². The van der Waals surface area contributed by atoms with Crippen LogP contribution in [-0.4, -0.2) is 0 Å². The third-order valence-corrected chi connectivity index (χ3v) is 11.4. The van der Waals surface area contributed by atoms with Crippen LogP contribution in [0.4, 0.5) is 34.1 Å². The molecule has 0 aliphatic carbocycles. The number of rotatable bonds is 8. The molecule has 3 heteroatoms. The Hall–Kier alpha value is -7.88. The molecule has 10 aromatic carbocycles. The van der Waals surface area contributed by atoms with Gasteiger partial charge in [0.15, 0.2) is 0 Å². The smallest absolute Gasteiger partial charge is 0.137 e. The predicted octanol–water partition coefficient (Wildman–Crippen LogP) is 16.0. The van der Waals surface area contributed by atoms with Crippen molar-refractivity contribution in [3.63, 3.8) is 0 Å². The lowest BCUT2D eigenvalue weighted by molar-refractivity contribution is 0.487. The maximum absolute atomic E-state index is 6.64. The first-order valence-corrected chi connectivity index (χ1v) is 20.1. The third-order valence-electron chi connectivity index (χ3n) is 11.4. The molecule has 0 saturated carbocycles. The van der Waals surface area contributed by atoms with Gasteiger partial charge in [-0.05, 0) is 111 Å². The van der Waals surface area contributed by atoms with E-state index < -0.39 is 0 Å². The number of para-hydroxylation sites is 1. The standard InChI is InChI=1S/C56H38N2O/c1-3-12-39(13-4-1)40-24-30-46(31-25-40)57(49-36-37-51-52-21-9-16-44-17-11-23-54(56(44)52)59-55(51)38-49)47-32-26-41(27-33-47)42-28-34-48(35-29-42)58(45-18-5-2-6-19-45)53-22-10-15-43-14-7-8-20-50(43)53/h1-38H. The highest BCUT2D eigenvalue weighted by Gasteiger charge is 2.23. The minimum Gasteiger partial charge on any atom is -0.456 e. The summed E-state index contributed by atoms with van der Waals surface area (Å²) >= 11 is 0. The van der Waals surface area contributed by atoms with Crippen molar-refractivity contribution in [2.45, 2.75) is 0 Å². The number of hydrogen-bond donors (Lipinski definition) is 0. The monoisotopic (exact) mass is 754 g/mol. The topological polar surface area (TPSA) is 15.7 Å². The highest BCUT2D eigenvalue weighted by molar-refractivity contribution is 6.04. The molecule has 0 saturated heterocycles. The molecule has 11 rings (SSSR count). The fourth-order valence-electron chi connectivity index (χ4n) is 8.59. The number of hydrogen-bond acceptors (Lipinski definition) is 3. The van der Waals surface area contributed by atoms with Gasteiger partial charge in [0.05, 0.1) is 5.69 Å². The van der Waals surface area contributed by atoms with Crippen LogP contribution >= 0.6 is 0 Å². The van der Waals surface area contributed by atoms with Crippen LogP contribution in [-0.2, 0) is 0 Å². The molecular formula is C56H38N2O. The molecule has 0 spiro atoms. The quantitative estimate of drug-likeness (QED) is 0.154. The molecule has 0 amide bonds. The summed E-state index contributed by atoms with van der Waals surface area (Å²) in [5, 5.41) is 4.77. The van der Waals surface area contributed by atoms with E-state index in [1.54, 1.807) is 0 Å². The molecule has 278 valence electrons. The second-order valence-corrected chi connectivity index (χ2v) is 15.0. The second kappa shape index (κ2) is 14.6. The SMILES string of the molecule is c1ccc(-c2ccc(N(c3ccc(-c4ccc(N(c5ccccc5)c5cccc6ccccc56)cc4)cc3)c3ccc4c(c3)Oc3cccc5cccc-4c35)cc2)cc1. The first-order chi connectivity index (χ1) is 29.2. The van der Waals surface area contributed by atoms with Crippen molar-refractivity contribution < 1.29 is 4.74 Å². The summed E-state index contributed by atoms with van der Waals surface area (Å²) in [6.45, 7) is 0. The molecule has 0 bridgehead atoms. The van der Waals surface area contributed by atoms with Crippen LogP contribution in [0.15, 0.2) is 231 Å². The Bertz CT molecular complexity index is 3090. The zero-order valence-corrected chi connectivity index (χ0v) is 32.2. The minimum atomic E-state index is 0.851. The number of benzene rings is 10. The lowest BCUT2D eigenvalue weighted by atomic mass is 9.94. The number of fused-ring (bicyclic) bond motifs is 3. The number of ether oxygens (including phenoxy) is 1. The Morgan fingerprint density at radius 3 is 1.46 bits per heavy atom. The van der Waals surface area contributed by atoms with Gasteiger partial charge < -0.3 is 14.5 Å². The van der Waals surface area contributed by atoms with E-state index in [2.05, 4.69) is 240 Å². The van der Waals surface area contributed by atoms with Crippen molar-refractivity contribution in [3.05, 3.63) is 231 Å². The normalized spacial score (nSPS) is 11.5. The van der Waals surface area contributed by atoms with E-state index in [1.807, 2.05) is 0 Å². The highest BCUT2D eigenvalue weighted by Crippen LogP contribution is 2.49. The van der Waals surface area contributed by atoms with E-state index in [0.717, 1.165) is 67.7 Å². The van der Waals surface area contributed by atoms with Crippen LogP contribution in [0.5, 0.6) is 11.5 Å². The largest absolute Gasteiger partial charge is 0.456 e. The zero-order chi connectivity index (χ0) is 39.1. The van der Waals surface area contributed by atoms with Crippen molar-refractivity contribution in [2.75, 3.05) is 9.80 Å². The van der Waals surface area contributed by atoms with E-state index in [0.29, 0.717) is 0 Å². The van der Waals surface area contributed by atoms with Gasteiger partial charge >= 0.3 is 0 Å². The molecule has 0 atom stereocenters. The van der Waals surface area contributed by atoms with Crippen molar-refractivity contribution in [1.82, 2.24) is 0 Å². The molecule has 1 heterocycles. The fourth-order valence-corrected chi connectivity index (χ4v) is 8.59. The van der Waals surface area contributed by atoms with Gasteiger partial charge in [0.2, 0.25) is 0 Å². The molecule has 3 nitrogen and oxygen atoms in total. The molecule has 0 radical (unpaired) electrons. The molecule has 59 heavy (non-hydrogen) atoms. The van der Waals surface area contributed by atoms with Crippen LogP contribution < -0.4 is 14.5 Å². The predicted molar refractivity (Wildman–Crippen MR) is 247 cm³/mol. The maximum atomic E-state index is 6.64. The van der Waals surface area contributed by atoms with E-state index in [9.17, 15) is 0 Å². The Morgan fingerprint density at radius 2 is 0.780 bits per heavy atom. The van der Waals surface area contributed by atoms with Gasteiger partial charge in [0.1, 0.15) is 11.5 Å². The van der Waals surface area contributed by atoms with Gasteiger partial charge in [-0.1, -0.05) is 152 Å². The maximum Gasteiger partial charge on any atom is 0.137 e. The van der Waals surface area contributed by atoms with Crippen LogP contribution in [0, 0.1) is 0 Å². The Balaban J connectivity index is 0.956. The van der Waals surface area contributed by atoms with Crippen LogP contribution in [0.25, 0.3) is 54.9 Å². The molecule has 0 fully saturated rings. The average molecular weight is 755 g/mol. The van der Waals surface area contributed by atoms with E-state index in [-0.39, 0.29) is 0 Å². The third kappa shape index (κ3) is 6.26. The molecule has 1 aliphatic rings. The summed E-state index contributed by atoms with van der Waals surface area (Å²) in [7, 11) is 0. The summed E-state index contributed by atoms with van der Waals surface area (Å²) in [6.07, 6.45) is 0. The second-order valence-electron chi connectivity index (χ2n) is 15.0. The van der Waals surface area contributed by atoms with Crippen molar-refractivity contribution in [3.8, 4) is 44.9 Å². The number of anilines is 6. The Labute approximate surface area is 344 Å². The summed E-state index contributed by atoms with van der Waals surface area (Å²) in [6, 6.07) is 82.2. The van der Waals surface area contributed by atoms with Gasteiger partial charge in [-0.3, -0.25) is 0 Å². The van der Waals surface area contributed by atoms with E-state index >= 15 is 0 Å². The van der Waals surface area contributed by atoms with Crippen molar-refractivity contribution in [1.29, 1.82) is 0 Å². The molecule has 0 aromatic heterocycles. The van der Waals surface area contributed by atoms with Gasteiger partial charge in [-0.2, -0.15) is 0 Å². The molecule has 0 N–H and O–H groups in total. The number of nitrogens with zero attached hydrogens (tertiary/aromatic N) is 2. The van der Waals surface area contributed by atoms with Gasteiger partial charge in [-0.25, -0.2) is 0 Å². The summed E-state index contributed by atoms with van der Waals surface area (Å²) < 4.78 is 6.64. The summed E-state index contributed by atoms with van der Waals surface area (Å²) in [5.41, 5.74) is 13.5. The molecule has 1 aliphatic heterocycles. The Kier molecular flexibility index (Phi) is 8.49. The molecule has 10 aromatic rings. The Morgan fingerprint density at radius 1 is 0.288 bits per heavy atom. The molecular weight excluding hydrogens is 717 g/mol. The van der Waals surface area contributed by atoms with Crippen LogP contribution in [0.1, 0.15) is 0 Å². The lowest BCUT2D eigenvalue weighted by Crippen LogP contribution is -2.10. The van der Waals surface area contributed by atoms with E-state index in [1.165, 1.54) is 32.8 Å². The summed E-state index contributed by atoms with van der Waals surface area (Å²) in [5.74, 6) is 1.74. The molecule has 0 unspecified atom stereocenters. The lowest BCUT2D eigenvalue weighted by Gasteiger charge is -2.28. The van der Waals surface area contributed by atoms with Crippen LogP contribution in [0.3, 0.4) is 0 Å². The zero-order valence-electron chi connectivity index (χ0n) is 32.2. The van der Waals surface area contributed by atoms with Crippen molar-refractivity contribution in [2.24, 2.45) is 0 Å². The van der Waals surface area contributed by atoms with Gasteiger partial charge in [0.25, 0.3) is 0 Å². The van der Waals surface area contributed by atoms with Gasteiger partial charge in [-0.15, -0.1) is 0 Å². The van der Waals surface area contributed by atoms with E-state index in [4.69, 9.17) is 4.74 Å². The van der Waals surface area contributed by atoms with Gasteiger partial charge in [0, 0.05) is 50.8 Å².